The van der Waals surface area contributed by atoms with Gasteiger partial charge >= 0.3 is 0 Å². The summed E-state index contributed by atoms with van der Waals surface area (Å²) in [7, 11) is 0. The number of piperidine rings is 1. The number of hydrogen-bond acceptors (Lipinski definition) is 3. The number of nitrogens with zero attached hydrogens (tertiary/aromatic N) is 1. The summed E-state index contributed by atoms with van der Waals surface area (Å²) >= 11 is 0. The van der Waals surface area contributed by atoms with Crippen LogP contribution >= 0.6 is 0 Å². The number of hydrogen-bond donors (Lipinski definition) is 1. The van der Waals surface area contributed by atoms with E-state index >= 15 is 0 Å². The molecule has 0 aliphatic carbocycles. The predicted octanol–water partition coefficient (Wildman–Crippen LogP) is 0.459. The third kappa shape index (κ3) is 2.22. The Kier molecular flexibility index (Phi) is 3.19. The van der Waals surface area contributed by atoms with E-state index in [1.165, 1.54) is 25.9 Å². The molecule has 0 bridgehead atoms. The Morgan fingerprint density at radius 1 is 1.31 bits per heavy atom. The molecule has 0 aromatic heterocycles. The van der Waals surface area contributed by atoms with Crippen molar-refractivity contribution in [2.75, 3.05) is 32.8 Å². The number of morpholine rings is 1. The van der Waals surface area contributed by atoms with E-state index in [1.807, 2.05) is 0 Å². The molecule has 1 atom stereocenters. The van der Waals surface area contributed by atoms with E-state index in [4.69, 9.17) is 4.74 Å². The average Bonchev–Trinajstić information content (AvgIpc) is 2.20. The fourth-order valence-corrected chi connectivity index (χ4v) is 2.42. The molecule has 1 N–H and O–H groups in total. The number of ether oxygens (including phenoxy) is 1. The molecule has 2 rings (SSSR count). The van der Waals surface area contributed by atoms with Gasteiger partial charge in [-0.25, -0.2) is 0 Å². The SMILES string of the molecule is C[C@H]1COCCN1C1CCNCC1. The van der Waals surface area contributed by atoms with Gasteiger partial charge in [0.2, 0.25) is 0 Å². The van der Waals surface area contributed by atoms with E-state index in [0.29, 0.717) is 6.04 Å². The van der Waals surface area contributed by atoms with Gasteiger partial charge in [0.25, 0.3) is 0 Å². The topological polar surface area (TPSA) is 24.5 Å². The normalized spacial score (nSPS) is 33.5. The van der Waals surface area contributed by atoms with Crippen molar-refractivity contribution in [1.29, 1.82) is 0 Å². The van der Waals surface area contributed by atoms with Gasteiger partial charge in [-0.3, -0.25) is 4.90 Å². The molecule has 0 amide bonds. The lowest BCUT2D eigenvalue weighted by molar-refractivity contribution is -0.0277. The molecular weight excluding hydrogens is 164 g/mol. The maximum Gasteiger partial charge on any atom is 0.0619 e. The van der Waals surface area contributed by atoms with Gasteiger partial charge in [0.1, 0.15) is 0 Å². The summed E-state index contributed by atoms with van der Waals surface area (Å²) in [4.78, 5) is 2.63. The standard InChI is InChI=1S/C10H20N2O/c1-9-8-13-7-6-12(9)10-2-4-11-5-3-10/h9-11H,2-8H2,1H3/t9-/m0/s1. The third-order valence-electron chi connectivity index (χ3n) is 3.20. The highest BCUT2D eigenvalue weighted by Crippen LogP contribution is 2.17. The molecule has 2 fully saturated rings. The molecule has 2 heterocycles. The molecule has 0 unspecified atom stereocenters. The van der Waals surface area contributed by atoms with Crippen LogP contribution in [-0.2, 0) is 4.74 Å². The summed E-state index contributed by atoms with van der Waals surface area (Å²) in [5.74, 6) is 0. The second-order valence-electron chi connectivity index (χ2n) is 4.14. The first-order valence-electron chi connectivity index (χ1n) is 5.42. The van der Waals surface area contributed by atoms with Crippen LogP contribution < -0.4 is 5.32 Å². The van der Waals surface area contributed by atoms with Crippen LogP contribution in [0.1, 0.15) is 19.8 Å². The molecule has 76 valence electrons. The van der Waals surface area contributed by atoms with Crippen LogP contribution in [0.3, 0.4) is 0 Å². The number of nitrogens with one attached hydrogen (secondary N) is 1. The summed E-state index contributed by atoms with van der Waals surface area (Å²) in [6.07, 6.45) is 2.62. The van der Waals surface area contributed by atoms with Gasteiger partial charge in [0.15, 0.2) is 0 Å². The summed E-state index contributed by atoms with van der Waals surface area (Å²) in [5.41, 5.74) is 0. The molecule has 2 aliphatic heterocycles. The van der Waals surface area contributed by atoms with Crippen LogP contribution in [-0.4, -0.2) is 49.8 Å². The van der Waals surface area contributed by atoms with E-state index in [1.54, 1.807) is 0 Å². The van der Waals surface area contributed by atoms with Crippen LogP contribution in [0.2, 0.25) is 0 Å². The van der Waals surface area contributed by atoms with Gasteiger partial charge in [-0.15, -0.1) is 0 Å². The first-order valence-corrected chi connectivity index (χ1v) is 5.42. The summed E-state index contributed by atoms with van der Waals surface area (Å²) < 4.78 is 5.45. The van der Waals surface area contributed by atoms with Crippen molar-refractivity contribution < 1.29 is 4.74 Å². The quantitative estimate of drug-likeness (QED) is 0.641. The van der Waals surface area contributed by atoms with Crippen LogP contribution in [0, 0.1) is 0 Å². The summed E-state index contributed by atoms with van der Waals surface area (Å²) in [6, 6.07) is 1.43. The molecular formula is C10H20N2O. The molecule has 0 saturated carbocycles. The second-order valence-corrected chi connectivity index (χ2v) is 4.14. The van der Waals surface area contributed by atoms with E-state index in [-0.39, 0.29) is 0 Å². The van der Waals surface area contributed by atoms with Crippen LogP contribution in [0.4, 0.5) is 0 Å². The van der Waals surface area contributed by atoms with E-state index < -0.39 is 0 Å². The van der Waals surface area contributed by atoms with E-state index in [0.717, 1.165) is 25.8 Å². The number of rotatable bonds is 1. The third-order valence-corrected chi connectivity index (χ3v) is 3.20. The van der Waals surface area contributed by atoms with Gasteiger partial charge in [-0.1, -0.05) is 0 Å². The maximum atomic E-state index is 5.45. The van der Waals surface area contributed by atoms with Gasteiger partial charge in [0.05, 0.1) is 13.2 Å². The van der Waals surface area contributed by atoms with Crippen LogP contribution in [0.5, 0.6) is 0 Å². The molecule has 0 radical (unpaired) electrons. The largest absolute Gasteiger partial charge is 0.379 e. The predicted molar refractivity (Wildman–Crippen MR) is 52.9 cm³/mol. The highest BCUT2D eigenvalue weighted by Gasteiger charge is 2.27. The van der Waals surface area contributed by atoms with Crippen LogP contribution in [0.15, 0.2) is 0 Å². The van der Waals surface area contributed by atoms with Crippen LogP contribution in [0.25, 0.3) is 0 Å². The fraction of sp³-hybridized carbons (Fsp3) is 1.00. The van der Waals surface area contributed by atoms with Crippen molar-refractivity contribution in [3.8, 4) is 0 Å². The van der Waals surface area contributed by atoms with Gasteiger partial charge in [-0.05, 0) is 32.9 Å². The second kappa shape index (κ2) is 4.40. The Balaban J connectivity index is 1.88. The Hall–Kier alpha value is -0.120. The van der Waals surface area contributed by atoms with E-state index in [9.17, 15) is 0 Å². The van der Waals surface area contributed by atoms with Crippen molar-refractivity contribution in [1.82, 2.24) is 10.2 Å². The Bertz CT molecular complexity index is 157. The minimum atomic E-state index is 0.622. The monoisotopic (exact) mass is 184 g/mol. The van der Waals surface area contributed by atoms with E-state index in [2.05, 4.69) is 17.1 Å². The minimum absolute atomic E-state index is 0.622. The Morgan fingerprint density at radius 2 is 2.08 bits per heavy atom. The van der Waals surface area contributed by atoms with Gasteiger partial charge in [-0.2, -0.15) is 0 Å². The lowest BCUT2D eigenvalue weighted by Gasteiger charge is -2.41. The lowest BCUT2D eigenvalue weighted by atomic mass is 10.0. The molecule has 0 aromatic rings. The van der Waals surface area contributed by atoms with Crippen molar-refractivity contribution in [2.24, 2.45) is 0 Å². The lowest BCUT2D eigenvalue weighted by Crippen LogP contribution is -2.52. The van der Waals surface area contributed by atoms with Gasteiger partial charge in [0, 0.05) is 18.6 Å². The Morgan fingerprint density at radius 3 is 2.77 bits per heavy atom. The fourth-order valence-electron chi connectivity index (χ4n) is 2.42. The maximum absolute atomic E-state index is 5.45. The zero-order chi connectivity index (χ0) is 9.10. The molecule has 0 aromatic carbocycles. The first-order chi connectivity index (χ1) is 6.38. The first kappa shape index (κ1) is 9.44. The zero-order valence-corrected chi connectivity index (χ0v) is 8.46. The molecule has 2 aliphatic rings. The Labute approximate surface area is 80.4 Å². The highest BCUT2D eigenvalue weighted by molar-refractivity contribution is 4.82. The smallest absolute Gasteiger partial charge is 0.0619 e. The molecule has 3 nitrogen and oxygen atoms in total. The molecule has 13 heavy (non-hydrogen) atoms. The molecule has 0 spiro atoms. The van der Waals surface area contributed by atoms with Gasteiger partial charge < -0.3 is 10.1 Å². The summed E-state index contributed by atoms with van der Waals surface area (Å²) in [5, 5.41) is 3.41. The van der Waals surface area contributed by atoms with Crippen molar-refractivity contribution in [2.45, 2.75) is 31.8 Å². The zero-order valence-electron chi connectivity index (χ0n) is 8.46. The molecule has 2 saturated heterocycles. The highest BCUT2D eigenvalue weighted by atomic mass is 16.5. The summed E-state index contributed by atoms with van der Waals surface area (Å²) in [6.45, 7) is 7.63. The molecule has 3 heteroatoms. The average molecular weight is 184 g/mol. The van der Waals surface area contributed by atoms with Crippen molar-refractivity contribution in [3.05, 3.63) is 0 Å². The van der Waals surface area contributed by atoms with Crippen molar-refractivity contribution in [3.63, 3.8) is 0 Å². The van der Waals surface area contributed by atoms with Crippen molar-refractivity contribution >= 4 is 0 Å². The minimum Gasteiger partial charge on any atom is -0.379 e.